The second-order valence-electron chi connectivity index (χ2n) is 7.59. The molecule has 0 radical (unpaired) electrons. The summed E-state index contributed by atoms with van der Waals surface area (Å²) in [6.07, 6.45) is -6.18. The number of para-hydroxylation sites is 2. The molecule has 0 spiro atoms. The zero-order valence-corrected chi connectivity index (χ0v) is 16.0. The second kappa shape index (κ2) is 6.75. The zero-order chi connectivity index (χ0) is 21.2. The first-order valence-electron chi connectivity index (χ1n) is 9.64. The topological polar surface area (TPSA) is 125 Å². The highest BCUT2D eigenvalue weighted by Gasteiger charge is 2.45. The first kappa shape index (κ1) is 19.0. The maximum absolute atomic E-state index is 13.1. The van der Waals surface area contributed by atoms with Gasteiger partial charge in [0.05, 0.1) is 17.3 Å². The van der Waals surface area contributed by atoms with Gasteiger partial charge in [-0.2, -0.15) is 0 Å². The number of ether oxygens (including phenoxy) is 1. The lowest BCUT2D eigenvalue weighted by Crippen LogP contribution is -2.54. The smallest absolute Gasteiger partial charge is 0.215 e. The van der Waals surface area contributed by atoms with Crippen LogP contribution in [0.4, 0.5) is 5.69 Å². The van der Waals surface area contributed by atoms with Gasteiger partial charge in [-0.15, -0.1) is 0 Å². The minimum absolute atomic E-state index is 0.0222. The minimum Gasteiger partial charge on any atom is -0.505 e. The van der Waals surface area contributed by atoms with Crippen molar-refractivity contribution >= 4 is 28.1 Å². The third-order valence-corrected chi connectivity index (χ3v) is 5.79. The first-order chi connectivity index (χ1) is 14.4. The molecule has 8 nitrogen and oxygen atoms in total. The summed E-state index contributed by atoms with van der Waals surface area (Å²) < 4.78 is 7.30. The number of Topliss-reactive ketones (excluding diaryl/α,β-unsaturated/α-hetero) is 1. The van der Waals surface area contributed by atoms with E-state index in [1.165, 1.54) is 4.57 Å². The van der Waals surface area contributed by atoms with E-state index in [0.29, 0.717) is 22.2 Å². The van der Waals surface area contributed by atoms with Crippen molar-refractivity contribution in [1.82, 2.24) is 4.57 Å². The third-order valence-electron chi connectivity index (χ3n) is 5.79. The van der Waals surface area contributed by atoms with Gasteiger partial charge in [0.2, 0.25) is 5.78 Å². The average molecular weight is 408 g/mol. The number of nitrogens with zero attached hydrogens (tertiary/aromatic N) is 2. The van der Waals surface area contributed by atoms with E-state index < -0.39 is 30.6 Å². The summed E-state index contributed by atoms with van der Waals surface area (Å²) in [5, 5.41) is 42.6. The van der Waals surface area contributed by atoms with E-state index >= 15 is 0 Å². The van der Waals surface area contributed by atoms with E-state index in [4.69, 9.17) is 4.74 Å². The maximum Gasteiger partial charge on any atom is 0.215 e. The number of aliphatic hydroxyl groups excluding tert-OH is 3. The molecule has 3 aromatic rings. The van der Waals surface area contributed by atoms with Gasteiger partial charge in [0.25, 0.3) is 0 Å². The Balaban J connectivity index is 1.75. The molecule has 2 aromatic carbocycles. The highest BCUT2D eigenvalue weighted by Crippen LogP contribution is 2.41. The van der Waals surface area contributed by atoms with Gasteiger partial charge in [-0.1, -0.05) is 24.3 Å². The molecule has 1 fully saturated rings. The SMILES string of the molecule is C[C@@H]1O[C@H](n2c(C3=Nc4ccccc4C3=O)c(O)c3ccccc32)[C@H](O)[C@H](O)[C@H]1O. The summed E-state index contributed by atoms with van der Waals surface area (Å²) in [6, 6.07) is 13.7. The molecule has 4 N–H and O–H groups in total. The predicted octanol–water partition coefficient (Wildman–Crippen LogP) is 1.66. The lowest BCUT2D eigenvalue weighted by atomic mass is 9.98. The molecule has 2 aliphatic heterocycles. The van der Waals surface area contributed by atoms with Crippen LogP contribution in [-0.4, -0.2) is 60.9 Å². The highest BCUT2D eigenvalue weighted by molar-refractivity contribution is 6.55. The number of fused-ring (bicyclic) bond motifs is 2. The number of carbonyl (C=O) groups excluding carboxylic acids is 1. The molecule has 30 heavy (non-hydrogen) atoms. The predicted molar refractivity (Wildman–Crippen MR) is 108 cm³/mol. The molecule has 154 valence electrons. The normalized spacial score (nSPS) is 28.6. The summed E-state index contributed by atoms with van der Waals surface area (Å²) in [5.41, 5.74) is 1.52. The van der Waals surface area contributed by atoms with E-state index in [9.17, 15) is 25.2 Å². The first-order valence-corrected chi connectivity index (χ1v) is 9.64. The number of aromatic nitrogens is 1. The van der Waals surface area contributed by atoms with E-state index in [-0.39, 0.29) is 22.9 Å². The van der Waals surface area contributed by atoms with Gasteiger partial charge in [0.15, 0.2) is 12.0 Å². The Kier molecular flexibility index (Phi) is 4.26. The van der Waals surface area contributed by atoms with Crippen molar-refractivity contribution < 1.29 is 30.0 Å². The number of hydrogen-bond acceptors (Lipinski definition) is 7. The van der Waals surface area contributed by atoms with Crippen LogP contribution in [0.2, 0.25) is 0 Å². The quantitative estimate of drug-likeness (QED) is 0.511. The van der Waals surface area contributed by atoms with Crippen molar-refractivity contribution in [2.24, 2.45) is 4.99 Å². The lowest BCUT2D eigenvalue weighted by Gasteiger charge is -2.40. The number of carbonyl (C=O) groups is 1. The van der Waals surface area contributed by atoms with Gasteiger partial charge in [-0.3, -0.25) is 4.79 Å². The molecular weight excluding hydrogens is 388 g/mol. The highest BCUT2D eigenvalue weighted by atomic mass is 16.5. The van der Waals surface area contributed by atoms with Crippen molar-refractivity contribution in [3.63, 3.8) is 0 Å². The minimum atomic E-state index is -1.50. The van der Waals surface area contributed by atoms with Crippen molar-refractivity contribution in [1.29, 1.82) is 0 Å². The largest absolute Gasteiger partial charge is 0.505 e. The van der Waals surface area contributed by atoms with E-state index in [1.807, 2.05) is 0 Å². The fourth-order valence-electron chi connectivity index (χ4n) is 4.20. The van der Waals surface area contributed by atoms with Gasteiger partial charge in [-0.05, 0) is 31.2 Å². The van der Waals surface area contributed by atoms with E-state index in [0.717, 1.165) is 0 Å². The zero-order valence-electron chi connectivity index (χ0n) is 16.0. The van der Waals surface area contributed by atoms with Gasteiger partial charge in [0, 0.05) is 10.9 Å². The summed E-state index contributed by atoms with van der Waals surface area (Å²) in [4.78, 5) is 17.5. The van der Waals surface area contributed by atoms with Gasteiger partial charge in [-0.25, -0.2) is 4.99 Å². The van der Waals surface area contributed by atoms with Crippen molar-refractivity contribution in [3.05, 3.63) is 59.8 Å². The Bertz CT molecular complexity index is 1200. The number of aliphatic hydroxyl groups is 3. The van der Waals surface area contributed by atoms with Crippen LogP contribution in [0.25, 0.3) is 10.9 Å². The van der Waals surface area contributed by atoms with Crippen molar-refractivity contribution in [2.45, 2.75) is 37.6 Å². The van der Waals surface area contributed by atoms with Crippen molar-refractivity contribution in [3.8, 4) is 5.75 Å². The van der Waals surface area contributed by atoms with Gasteiger partial charge in [0.1, 0.15) is 29.7 Å². The van der Waals surface area contributed by atoms with Crippen LogP contribution < -0.4 is 0 Å². The Morgan fingerprint density at radius 3 is 2.43 bits per heavy atom. The number of aliphatic imine (C=N–C) groups is 1. The number of hydrogen-bond donors (Lipinski definition) is 4. The molecule has 0 bridgehead atoms. The number of rotatable bonds is 2. The van der Waals surface area contributed by atoms with Crippen LogP contribution in [0.3, 0.4) is 0 Å². The fourth-order valence-corrected chi connectivity index (χ4v) is 4.20. The summed E-state index contributed by atoms with van der Waals surface area (Å²) >= 11 is 0. The molecule has 0 aliphatic carbocycles. The summed E-state index contributed by atoms with van der Waals surface area (Å²) in [5.74, 6) is -0.529. The van der Waals surface area contributed by atoms with Gasteiger partial charge < -0.3 is 29.7 Å². The van der Waals surface area contributed by atoms with Crippen LogP contribution in [0.5, 0.6) is 5.75 Å². The lowest BCUT2D eigenvalue weighted by molar-refractivity contribution is -0.239. The standard InChI is InChI=1S/C22H20N2O6/c1-10-17(25)20(28)21(29)22(30-10)24-14-9-5-3-7-12(14)19(27)16(24)15-18(26)11-6-2-4-8-13(11)23-15/h2-10,17,20-22,25,27-29H,1H3/t10-,17-,20+,21+,22-/m0/s1. The molecule has 1 aromatic heterocycles. The fraction of sp³-hybridized carbons (Fsp3) is 0.273. The van der Waals surface area contributed by atoms with E-state index in [2.05, 4.69) is 4.99 Å². The number of benzene rings is 2. The monoisotopic (exact) mass is 408 g/mol. The van der Waals surface area contributed by atoms with Crippen LogP contribution in [0.1, 0.15) is 29.2 Å². The molecule has 5 rings (SSSR count). The Morgan fingerprint density at radius 1 is 0.967 bits per heavy atom. The summed E-state index contributed by atoms with van der Waals surface area (Å²) in [6.45, 7) is 1.58. The molecule has 5 atom stereocenters. The number of ketones is 1. The van der Waals surface area contributed by atoms with E-state index in [1.54, 1.807) is 55.5 Å². The molecule has 0 saturated carbocycles. The molecule has 8 heteroatoms. The molecule has 1 saturated heterocycles. The molecule has 0 unspecified atom stereocenters. The van der Waals surface area contributed by atoms with Crippen LogP contribution in [0, 0.1) is 0 Å². The Labute approximate surface area is 171 Å². The van der Waals surface area contributed by atoms with Crippen molar-refractivity contribution in [2.75, 3.05) is 0 Å². The Hall–Kier alpha value is -3.04. The number of aromatic hydroxyl groups is 1. The van der Waals surface area contributed by atoms with Crippen LogP contribution >= 0.6 is 0 Å². The Morgan fingerprint density at radius 2 is 1.67 bits per heavy atom. The molecular formula is C22H20N2O6. The second-order valence-corrected chi connectivity index (χ2v) is 7.59. The average Bonchev–Trinajstić information content (AvgIpc) is 3.24. The van der Waals surface area contributed by atoms with Crippen LogP contribution in [-0.2, 0) is 4.74 Å². The molecule has 2 aliphatic rings. The molecule has 3 heterocycles. The van der Waals surface area contributed by atoms with Crippen LogP contribution in [0.15, 0.2) is 53.5 Å². The summed E-state index contributed by atoms with van der Waals surface area (Å²) in [7, 11) is 0. The molecule has 0 amide bonds. The maximum atomic E-state index is 13.1. The third kappa shape index (κ3) is 2.55. The van der Waals surface area contributed by atoms with Gasteiger partial charge >= 0.3 is 0 Å².